The molecule has 0 bridgehead atoms. The van der Waals surface area contributed by atoms with Crippen molar-refractivity contribution in [2.75, 3.05) is 7.11 Å². The maximum Gasteiger partial charge on any atom is 0.253 e. The number of nitrogens with one attached hydrogen (secondary N) is 2. The maximum absolute atomic E-state index is 14.3. The molecule has 1 aromatic carbocycles. The van der Waals surface area contributed by atoms with Crippen LogP contribution >= 0.6 is 0 Å². The fourth-order valence-corrected chi connectivity index (χ4v) is 2.48. The number of carbonyl (C=O) groups is 1. The van der Waals surface area contributed by atoms with Gasteiger partial charge in [0.15, 0.2) is 0 Å². The first kappa shape index (κ1) is 17.3. The van der Waals surface area contributed by atoms with E-state index >= 15 is 0 Å². The number of H-pyrrole nitrogens is 1. The molecule has 0 aliphatic rings. The third-order valence-electron chi connectivity index (χ3n) is 3.83. The van der Waals surface area contributed by atoms with Crippen LogP contribution in [-0.2, 0) is 0 Å². The third-order valence-corrected chi connectivity index (χ3v) is 3.83. The zero-order chi connectivity index (χ0) is 18.5. The second kappa shape index (κ2) is 7.60. The highest BCUT2D eigenvalue weighted by atomic mass is 19.1. The number of ether oxygens (including phenoxy) is 1. The molecule has 0 aliphatic heterocycles. The van der Waals surface area contributed by atoms with Crippen molar-refractivity contribution in [3.8, 4) is 5.75 Å². The molecular weight excluding hydrogens is 337 g/mol. The molecule has 0 unspecified atom stereocenters. The number of hydrogen-bond acceptors (Lipinski definition) is 4. The van der Waals surface area contributed by atoms with Crippen molar-refractivity contribution in [3.05, 3.63) is 93.9 Å². The van der Waals surface area contributed by atoms with Crippen molar-refractivity contribution in [2.24, 2.45) is 0 Å². The van der Waals surface area contributed by atoms with Gasteiger partial charge >= 0.3 is 0 Å². The average Bonchev–Trinajstić information content (AvgIpc) is 2.67. The molecule has 7 heteroatoms. The van der Waals surface area contributed by atoms with E-state index in [9.17, 15) is 14.0 Å². The summed E-state index contributed by atoms with van der Waals surface area (Å²) >= 11 is 0. The normalized spacial score (nSPS) is 11.6. The summed E-state index contributed by atoms with van der Waals surface area (Å²) in [6, 6.07) is 11.5. The Morgan fingerprint density at radius 2 is 1.96 bits per heavy atom. The number of halogens is 1. The van der Waals surface area contributed by atoms with Gasteiger partial charge in [0.25, 0.3) is 5.91 Å². The van der Waals surface area contributed by atoms with Crippen molar-refractivity contribution >= 4 is 5.91 Å². The van der Waals surface area contributed by atoms with Gasteiger partial charge in [-0.1, -0.05) is 12.1 Å². The van der Waals surface area contributed by atoms with Crippen LogP contribution in [0.5, 0.6) is 5.75 Å². The molecule has 0 aliphatic carbocycles. The van der Waals surface area contributed by atoms with E-state index in [1.54, 1.807) is 31.4 Å². The Morgan fingerprint density at radius 3 is 2.58 bits per heavy atom. The minimum atomic E-state index is -0.804. The van der Waals surface area contributed by atoms with E-state index in [-0.39, 0.29) is 16.8 Å². The Kier molecular flexibility index (Phi) is 5.07. The number of methoxy groups -OCH3 is 1. The number of pyridine rings is 2. The van der Waals surface area contributed by atoms with Gasteiger partial charge in [0.05, 0.1) is 18.7 Å². The van der Waals surface area contributed by atoms with E-state index in [0.717, 1.165) is 0 Å². The lowest BCUT2D eigenvalue weighted by molar-refractivity contribution is 0.0941. The van der Waals surface area contributed by atoms with Crippen LogP contribution < -0.4 is 15.6 Å². The monoisotopic (exact) mass is 353 g/mol. The van der Waals surface area contributed by atoms with Crippen LogP contribution in [0.4, 0.5) is 4.39 Å². The van der Waals surface area contributed by atoms with Crippen LogP contribution in [0.1, 0.15) is 27.7 Å². The van der Waals surface area contributed by atoms with E-state index in [2.05, 4.69) is 15.3 Å². The summed E-state index contributed by atoms with van der Waals surface area (Å²) < 4.78 is 19.4. The molecule has 0 spiro atoms. The number of hydrogen-bond donors (Lipinski definition) is 2. The molecule has 3 aromatic rings. The number of benzene rings is 1. The fourth-order valence-electron chi connectivity index (χ4n) is 2.48. The maximum atomic E-state index is 14.3. The molecule has 0 radical (unpaired) electrons. The molecular formula is C19H16FN3O3. The smallest absolute Gasteiger partial charge is 0.253 e. The summed E-state index contributed by atoms with van der Waals surface area (Å²) in [5.41, 5.74) is 0.667. The summed E-state index contributed by atoms with van der Waals surface area (Å²) in [4.78, 5) is 30.2. The first-order chi connectivity index (χ1) is 12.6. The molecule has 0 saturated carbocycles. The number of aromatic nitrogens is 2. The predicted molar refractivity (Wildman–Crippen MR) is 93.6 cm³/mol. The first-order valence-electron chi connectivity index (χ1n) is 7.82. The van der Waals surface area contributed by atoms with Crippen molar-refractivity contribution in [2.45, 2.75) is 6.04 Å². The van der Waals surface area contributed by atoms with E-state index in [4.69, 9.17) is 4.74 Å². The lowest BCUT2D eigenvalue weighted by Crippen LogP contribution is -2.31. The van der Waals surface area contributed by atoms with Gasteiger partial charge in [-0.15, -0.1) is 0 Å². The van der Waals surface area contributed by atoms with Crippen molar-refractivity contribution in [1.29, 1.82) is 0 Å². The second-order valence-electron chi connectivity index (χ2n) is 5.49. The SMILES string of the molecule is COc1ccc([C@H](NC(=O)c2ccc(=O)[nH]c2)c2ncccc2F)cc1. The topological polar surface area (TPSA) is 84.1 Å². The van der Waals surface area contributed by atoms with Gasteiger partial charge < -0.3 is 15.0 Å². The molecule has 6 nitrogen and oxygen atoms in total. The number of amides is 1. The highest BCUT2D eigenvalue weighted by molar-refractivity contribution is 5.94. The van der Waals surface area contributed by atoms with Crippen LogP contribution in [0.3, 0.4) is 0 Å². The van der Waals surface area contributed by atoms with Crippen molar-refractivity contribution in [3.63, 3.8) is 0 Å². The van der Waals surface area contributed by atoms with Gasteiger partial charge in [-0.25, -0.2) is 4.39 Å². The van der Waals surface area contributed by atoms with E-state index in [1.807, 2.05) is 0 Å². The van der Waals surface area contributed by atoms with E-state index in [0.29, 0.717) is 11.3 Å². The Hall–Kier alpha value is -3.48. The number of aromatic amines is 1. The zero-order valence-corrected chi connectivity index (χ0v) is 13.9. The molecule has 0 fully saturated rings. The van der Waals surface area contributed by atoms with Gasteiger partial charge in [0.2, 0.25) is 5.56 Å². The summed E-state index contributed by atoms with van der Waals surface area (Å²) in [6.45, 7) is 0. The molecule has 1 amide bonds. The van der Waals surface area contributed by atoms with Crippen molar-refractivity contribution in [1.82, 2.24) is 15.3 Å². The molecule has 26 heavy (non-hydrogen) atoms. The lowest BCUT2D eigenvalue weighted by Gasteiger charge is -2.19. The summed E-state index contributed by atoms with van der Waals surface area (Å²) in [6.07, 6.45) is 2.76. The number of carbonyl (C=O) groups excluding carboxylic acids is 1. The molecule has 3 rings (SSSR count). The van der Waals surface area contributed by atoms with Crippen LogP contribution in [0.15, 0.2) is 65.7 Å². The zero-order valence-electron chi connectivity index (χ0n) is 13.9. The Labute approximate surface area is 148 Å². The second-order valence-corrected chi connectivity index (χ2v) is 5.49. The molecule has 1 atom stereocenters. The van der Waals surface area contributed by atoms with Crippen LogP contribution in [0, 0.1) is 5.82 Å². The van der Waals surface area contributed by atoms with Crippen LogP contribution in [0.2, 0.25) is 0 Å². The minimum absolute atomic E-state index is 0.0930. The van der Waals surface area contributed by atoms with E-state index < -0.39 is 17.8 Å². The predicted octanol–water partition coefficient (Wildman–Crippen LogP) is 2.44. The fraction of sp³-hybridized carbons (Fsp3) is 0.105. The third kappa shape index (κ3) is 3.77. The van der Waals surface area contributed by atoms with E-state index in [1.165, 1.54) is 36.7 Å². The molecule has 2 N–H and O–H groups in total. The largest absolute Gasteiger partial charge is 0.497 e. The van der Waals surface area contributed by atoms with Gasteiger partial charge in [0.1, 0.15) is 17.3 Å². The number of nitrogens with zero attached hydrogens (tertiary/aromatic N) is 1. The summed E-state index contributed by atoms with van der Waals surface area (Å²) in [7, 11) is 1.54. The average molecular weight is 353 g/mol. The lowest BCUT2D eigenvalue weighted by atomic mass is 10.0. The van der Waals surface area contributed by atoms with Gasteiger partial charge in [0, 0.05) is 18.5 Å². The quantitative estimate of drug-likeness (QED) is 0.738. The van der Waals surface area contributed by atoms with Gasteiger partial charge in [-0.3, -0.25) is 14.6 Å². The minimum Gasteiger partial charge on any atom is -0.497 e. The van der Waals surface area contributed by atoms with Gasteiger partial charge in [-0.05, 0) is 35.9 Å². The Balaban J connectivity index is 1.97. The standard InChI is InChI=1S/C19H16FN3O3/c1-26-14-7-4-12(5-8-14)17(18-15(20)3-2-10-21-18)23-19(25)13-6-9-16(24)22-11-13/h2-11,17H,1H3,(H,22,24)(H,23,25)/t17-/m0/s1. The summed E-state index contributed by atoms with van der Waals surface area (Å²) in [5, 5.41) is 2.76. The van der Waals surface area contributed by atoms with Crippen molar-refractivity contribution < 1.29 is 13.9 Å². The Bertz CT molecular complexity index is 950. The number of rotatable bonds is 5. The highest BCUT2D eigenvalue weighted by Gasteiger charge is 2.22. The molecule has 2 heterocycles. The highest BCUT2D eigenvalue weighted by Crippen LogP contribution is 2.25. The van der Waals surface area contributed by atoms with Crippen LogP contribution in [-0.4, -0.2) is 23.0 Å². The van der Waals surface area contributed by atoms with Crippen LogP contribution in [0.25, 0.3) is 0 Å². The molecule has 132 valence electrons. The molecule has 0 saturated heterocycles. The molecule has 2 aromatic heterocycles. The summed E-state index contributed by atoms with van der Waals surface area (Å²) in [5.74, 6) is -0.358. The Morgan fingerprint density at radius 1 is 1.19 bits per heavy atom. The van der Waals surface area contributed by atoms with Gasteiger partial charge in [-0.2, -0.15) is 0 Å². The first-order valence-corrected chi connectivity index (χ1v) is 7.82.